The number of imide groups is 2. The predicted molar refractivity (Wildman–Crippen MR) is 80.9 cm³/mol. The molecule has 1 aromatic carbocycles. The standard InChI is InChI=1S/C16H13N2O6/c1-10(19)24-18(15(22)8-9-16(18)23)12-5-3-2-4-11(12)17-13(20)6-7-14(17)21/h2-7H,8-9H2,1H3/q+1. The van der Waals surface area contributed by atoms with E-state index in [-0.39, 0.29) is 24.2 Å². The molecular weight excluding hydrogens is 316 g/mol. The number of para-hydroxylation sites is 2. The highest BCUT2D eigenvalue weighted by molar-refractivity contribution is 6.30. The van der Waals surface area contributed by atoms with Crippen LogP contribution >= 0.6 is 0 Å². The predicted octanol–water partition coefficient (Wildman–Crippen LogP) is 0.748. The van der Waals surface area contributed by atoms with Crippen molar-refractivity contribution in [1.82, 2.24) is 4.65 Å². The minimum atomic E-state index is -1.28. The molecule has 122 valence electrons. The Balaban J connectivity index is 2.22. The van der Waals surface area contributed by atoms with Crippen LogP contribution in [-0.2, 0) is 28.8 Å². The number of amides is 4. The summed E-state index contributed by atoms with van der Waals surface area (Å²) in [5, 5.41) is 0. The fourth-order valence-electron chi connectivity index (χ4n) is 2.84. The second-order valence-electron chi connectivity index (χ2n) is 5.31. The Morgan fingerprint density at radius 2 is 1.54 bits per heavy atom. The average molecular weight is 329 g/mol. The maximum absolute atomic E-state index is 12.4. The van der Waals surface area contributed by atoms with Crippen LogP contribution in [0.2, 0.25) is 0 Å². The van der Waals surface area contributed by atoms with E-state index in [1.54, 1.807) is 6.07 Å². The number of carbonyl (C=O) groups is 5. The normalized spacial score (nSPS) is 19.3. The van der Waals surface area contributed by atoms with Crippen LogP contribution in [0.1, 0.15) is 19.8 Å². The summed E-state index contributed by atoms with van der Waals surface area (Å²) in [6.07, 6.45) is 1.98. The van der Waals surface area contributed by atoms with E-state index in [0.29, 0.717) is 0 Å². The molecule has 1 aromatic rings. The lowest BCUT2D eigenvalue weighted by molar-refractivity contribution is -0.192. The number of hydrogen-bond donors (Lipinski definition) is 0. The first-order chi connectivity index (χ1) is 11.4. The van der Waals surface area contributed by atoms with Crippen molar-refractivity contribution < 1.29 is 28.8 Å². The zero-order valence-corrected chi connectivity index (χ0v) is 12.7. The zero-order valence-electron chi connectivity index (χ0n) is 12.7. The van der Waals surface area contributed by atoms with Gasteiger partial charge in [0.2, 0.25) is 5.69 Å². The van der Waals surface area contributed by atoms with Crippen molar-refractivity contribution in [2.75, 3.05) is 4.90 Å². The molecule has 2 aliphatic heterocycles. The highest BCUT2D eigenvalue weighted by Gasteiger charge is 2.58. The topological polar surface area (TPSA) is 97.8 Å². The van der Waals surface area contributed by atoms with E-state index in [0.717, 1.165) is 24.0 Å². The van der Waals surface area contributed by atoms with E-state index in [2.05, 4.69) is 0 Å². The van der Waals surface area contributed by atoms with Gasteiger partial charge < -0.3 is 0 Å². The van der Waals surface area contributed by atoms with Crippen LogP contribution < -0.4 is 9.55 Å². The van der Waals surface area contributed by atoms with E-state index in [4.69, 9.17) is 4.84 Å². The van der Waals surface area contributed by atoms with Gasteiger partial charge in [0.25, 0.3) is 11.8 Å². The lowest BCUT2D eigenvalue weighted by Crippen LogP contribution is -2.55. The Morgan fingerprint density at radius 3 is 2.08 bits per heavy atom. The molecule has 0 aliphatic carbocycles. The third-order valence-electron chi connectivity index (χ3n) is 3.79. The average Bonchev–Trinajstić information content (AvgIpc) is 3.01. The van der Waals surface area contributed by atoms with Crippen molar-refractivity contribution >= 4 is 41.0 Å². The summed E-state index contributed by atoms with van der Waals surface area (Å²) in [7, 11) is 0. The van der Waals surface area contributed by atoms with Crippen molar-refractivity contribution in [3.8, 4) is 0 Å². The van der Waals surface area contributed by atoms with Crippen LogP contribution in [-0.4, -0.2) is 29.6 Å². The second kappa shape index (κ2) is 5.50. The highest BCUT2D eigenvalue weighted by atomic mass is 16.8. The van der Waals surface area contributed by atoms with Crippen LogP contribution in [0, 0.1) is 0 Å². The van der Waals surface area contributed by atoms with Gasteiger partial charge in [0, 0.05) is 29.8 Å². The SMILES string of the molecule is CC(=O)O[N+]1(c2ccccc2N2C(=O)C=CC2=O)C(=O)CCC1=O. The molecule has 3 rings (SSSR count). The van der Waals surface area contributed by atoms with Gasteiger partial charge in [-0.15, -0.1) is 0 Å². The molecule has 2 heterocycles. The van der Waals surface area contributed by atoms with Crippen molar-refractivity contribution in [3.63, 3.8) is 0 Å². The fourth-order valence-corrected chi connectivity index (χ4v) is 2.84. The summed E-state index contributed by atoms with van der Waals surface area (Å²) in [6.45, 7) is 1.08. The first-order valence-corrected chi connectivity index (χ1v) is 7.19. The van der Waals surface area contributed by atoms with Crippen molar-refractivity contribution in [3.05, 3.63) is 36.4 Å². The van der Waals surface area contributed by atoms with Gasteiger partial charge in [0.05, 0.1) is 12.8 Å². The number of hydroxylamine groups is 2. The summed E-state index contributed by atoms with van der Waals surface area (Å²) in [5.41, 5.74) is -0.00653. The molecule has 2 aliphatic rings. The van der Waals surface area contributed by atoms with Crippen LogP contribution in [0.25, 0.3) is 0 Å². The van der Waals surface area contributed by atoms with Gasteiger partial charge in [-0.2, -0.15) is 0 Å². The molecule has 0 atom stereocenters. The second-order valence-corrected chi connectivity index (χ2v) is 5.31. The van der Waals surface area contributed by atoms with Crippen molar-refractivity contribution in [2.45, 2.75) is 19.8 Å². The Bertz CT molecular complexity index is 792. The minimum Gasteiger partial charge on any atom is -0.269 e. The lowest BCUT2D eigenvalue weighted by atomic mass is 10.2. The third-order valence-corrected chi connectivity index (χ3v) is 3.79. The van der Waals surface area contributed by atoms with Crippen LogP contribution in [0.4, 0.5) is 11.4 Å². The van der Waals surface area contributed by atoms with Gasteiger partial charge in [-0.05, 0) is 6.07 Å². The van der Waals surface area contributed by atoms with E-state index >= 15 is 0 Å². The van der Waals surface area contributed by atoms with Gasteiger partial charge in [0.1, 0.15) is 5.69 Å². The van der Waals surface area contributed by atoms with Crippen LogP contribution in [0.3, 0.4) is 0 Å². The van der Waals surface area contributed by atoms with E-state index in [1.807, 2.05) is 0 Å². The number of carbonyl (C=O) groups excluding carboxylic acids is 5. The highest BCUT2D eigenvalue weighted by Crippen LogP contribution is 2.40. The molecule has 1 fully saturated rings. The molecule has 0 saturated carbocycles. The van der Waals surface area contributed by atoms with E-state index < -0.39 is 34.2 Å². The van der Waals surface area contributed by atoms with Crippen LogP contribution in [0.5, 0.6) is 0 Å². The first kappa shape index (κ1) is 15.8. The molecular formula is C16H13N2O6+. The van der Waals surface area contributed by atoms with E-state index in [9.17, 15) is 24.0 Å². The maximum atomic E-state index is 12.4. The smallest absolute Gasteiger partial charge is 0.269 e. The quantitative estimate of drug-likeness (QED) is 0.599. The monoisotopic (exact) mass is 329 g/mol. The maximum Gasteiger partial charge on any atom is 0.368 e. The van der Waals surface area contributed by atoms with Gasteiger partial charge in [-0.25, -0.2) is 19.3 Å². The lowest BCUT2D eigenvalue weighted by Gasteiger charge is -2.27. The number of nitrogens with zero attached hydrogens (tertiary/aromatic N) is 2. The summed E-state index contributed by atoms with van der Waals surface area (Å²) >= 11 is 0. The molecule has 0 spiro atoms. The van der Waals surface area contributed by atoms with Crippen molar-refractivity contribution in [2.24, 2.45) is 0 Å². The number of quaternary nitrogens is 1. The minimum absolute atomic E-state index is 0.0300. The summed E-state index contributed by atoms with van der Waals surface area (Å²) < 4.78 is -1.28. The molecule has 0 unspecified atom stereocenters. The fraction of sp³-hybridized carbons (Fsp3) is 0.188. The summed E-state index contributed by atoms with van der Waals surface area (Å²) in [6, 6.07) is 5.88. The molecule has 8 heteroatoms. The van der Waals surface area contributed by atoms with Crippen LogP contribution in [0.15, 0.2) is 36.4 Å². The van der Waals surface area contributed by atoms with Gasteiger partial charge in [-0.3, -0.25) is 14.4 Å². The molecule has 4 amide bonds. The summed E-state index contributed by atoms with van der Waals surface area (Å²) in [4.78, 5) is 66.3. The van der Waals surface area contributed by atoms with Gasteiger partial charge in [-0.1, -0.05) is 12.1 Å². The van der Waals surface area contributed by atoms with Gasteiger partial charge >= 0.3 is 17.8 Å². The van der Waals surface area contributed by atoms with Crippen molar-refractivity contribution in [1.29, 1.82) is 0 Å². The number of anilines is 1. The molecule has 0 N–H and O–H groups in total. The molecule has 0 radical (unpaired) electrons. The molecule has 1 saturated heterocycles. The molecule has 24 heavy (non-hydrogen) atoms. The summed E-state index contributed by atoms with van der Waals surface area (Å²) in [5.74, 6) is -3.30. The van der Waals surface area contributed by atoms with Gasteiger partial charge in [0.15, 0.2) is 0 Å². The molecule has 8 nitrogen and oxygen atoms in total. The molecule has 0 aromatic heterocycles. The molecule has 0 bridgehead atoms. The first-order valence-electron chi connectivity index (χ1n) is 7.19. The Morgan fingerprint density at radius 1 is 1.00 bits per heavy atom. The number of rotatable bonds is 3. The Hall–Kier alpha value is -3.13. The number of benzene rings is 1. The zero-order chi connectivity index (χ0) is 17.5. The Kier molecular flexibility index (Phi) is 3.61. The number of hydrogen-bond acceptors (Lipinski definition) is 6. The Labute approximate surface area is 136 Å². The largest absolute Gasteiger partial charge is 0.368 e. The third kappa shape index (κ3) is 2.16. The van der Waals surface area contributed by atoms with E-state index in [1.165, 1.54) is 18.2 Å².